The van der Waals surface area contributed by atoms with Gasteiger partial charge in [-0.25, -0.2) is 4.98 Å². The summed E-state index contributed by atoms with van der Waals surface area (Å²) >= 11 is 3.49. The molecule has 0 aliphatic carbocycles. The van der Waals surface area contributed by atoms with E-state index in [1.807, 2.05) is 6.07 Å². The molecule has 0 saturated carbocycles. The highest BCUT2D eigenvalue weighted by Crippen LogP contribution is 2.34. The van der Waals surface area contributed by atoms with Crippen LogP contribution in [0.25, 0.3) is 10.2 Å². The second kappa shape index (κ2) is 5.40. The minimum absolute atomic E-state index is 0.145. The van der Waals surface area contributed by atoms with Crippen molar-refractivity contribution < 1.29 is 4.74 Å². The zero-order chi connectivity index (χ0) is 14.2. The molecule has 3 heterocycles. The SMILES string of the molecule is CC1CN(c2nc3ccccc3s2)CC(c2ccsc2)O1. The maximum atomic E-state index is 6.10. The Labute approximate surface area is 131 Å². The fourth-order valence-corrected chi connectivity index (χ4v) is 4.43. The highest BCUT2D eigenvalue weighted by atomic mass is 32.1. The molecule has 0 bridgehead atoms. The van der Waals surface area contributed by atoms with Crippen molar-refractivity contribution in [3.05, 3.63) is 46.7 Å². The van der Waals surface area contributed by atoms with Crippen molar-refractivity contribution in [3.63, 3.8) is 0 Å². The third-order valence-corrected chi connectivity index (χ3v) is 5.53. The monoisotopic (exact) mass is 316 g/mol. The van der Waals surface area contributed by atoms with Gasteiger partial charge in [0.25, 0.3) is 0 Å². The number of benzene rings is 1. The Bertz CT molecular complexity index is 705. The van der Waals surface area contributed by atoms with Gasteiger partial charge in [-0.15, -0.1) is 0 Å². The Morgan fingerprint density at radius 2 is 2.14 bits per heavy atom. The van der Waals surface area contributed by atoms with E-state index in [0.717, 1.165) is 23.7 Å². The van der Waals surface area contributed by atoms with Gasteiger partial charge < -0.3 is 9.64 Å². The summed E-state index contributed by atoms with van der Waals surface area (Å²) in [5.41, 5.74) is 2.36. The Balaban J connectivity index is 1.64. The number of fused-ring (bicyclic) bond motifs is 1. The smallest absolute Gasteiger partial charge is 0.186 e. The first-order chi connectivity index (χ1) is 10.3. The largest absolute Gasteiger partial charge is 0.367 e. The van der Waals surface area contributed by atoms with Crippen molar-refractivity contribution in [1.82, 2.24) is 4.98 Å². The number of hydrogen-bond donors (Lipinski definition) is 0. The van der Waals surface area contributed by atoms with Gasteiger partial charge >= 0.3 is 0 Å². The third kappa shape index (κ3) is 2.57. The molecule has 1 aliphatic heterocycles. The molecule has 5 heteroatoms. The molecule has 2 unspecified atom stereocenters. The number of nitrogens with zero attached hydrogens (tertiary/aromatic N) is 2. The van der Waals surface area contributed by atoms with Crippen LogP contribution in [0.15, 0.2) is 41.1 Å². The van der Waals surface area contributed by atoms with Gasteiger partial charge in [-0.05, 0) is 41.4 Å². The molecule has 1 saturated heterocycles. The molecule has 2 atom stereocenters. The first kappa shape index (κ1) is 13.2. The van der Waals surface area contributed by atoms with Crippen LogP contribution in [-0.4, -0.2) is 24.2 Å². The van der Waals surface area contributed by atoms with Crippen molar-refractivity contribution in [3.8, 4) is 0 Å². The molecule has 0 radical (unpaired) electrons. The van der Waals surface area contributed by atoms with Crippen LogP contribution in [0.5, 0.6) is 0 Å². The van der Waals surface area contributed by atoms with Crippen LogP contribution in [0.1, 0.15) is 18.6 Å². The summed E-state index contributed by atoms with van der Waals surface area (Å²) in [6.45, 7) is 3.92. The highest BCUT2D eigenvalue weighted by Gasteiger charge is 2.28. The van der Waals surface area contributed by atoms with Crippen LogP contribution < -0.4 is 4.90 Å². The molecule has 1 aliphatic rings. The summed E-state index contributed by atoms with van der Waals surface area (Å²) in [6.07, 6.45) is 0.364. The summed E-state index contributed by atoms with van der Waals surface area (Å²) in [5, 5.41) is 5.39. The molecule has 21 heavy (non-hydrogen) atoms. The summed E-state index contributed by atoms with van der Waals surface area (Å²) < 4.78 is 7.35. The average molecular weight is 316 g/mol. The predicted octanol–water partition coefficient (Wildman–Crippen LogP) is 4.32. The van der Waals surface area contributed by atoms with Crippen LogP contribution in [0.4, 0.5) is 5.13 Å². The Kier molecular flexibility index (Phi) is 3.41. The first-order valence-electron chi connectivity index (χ1n) is 7.07. The van der Waals surface area contributed by atoms with E-state index in [4.69, 9.17) is 9.72 Å². The number of hydrogen-bond acceptors (Lipinski definition) is 5. The minimum atomic E-state index is 0.145. The standard InChI is InChI=1S/C16H16N2OS2/c1-11-8-18(9-14(19-11)12-6-7-20-10-12)16-17-13-4-2-3-5-15(13)21-16/h2-7,10-11,14H,8-9H2,1H3. The molecule has 1 aromatic carbocycles. The summed E-state index contributed by atoms with van der Waals surface area (Å²) in [7, 11) is 0. The molecule has 0 N–H and O–H groups in total. The zero-order valence-electron chi connectivity index (χ0n) is 11.7. The molecule has 2 aromatic heterocycles. The van der Waals surface area contributed by atoms with E-state index in [-0.39, 0.29) is 12.2 Å². The summed E-state index contributed by atoms with van der Waals surface area (Å²) in [5.74, 6) is 0. The van der Waals surface area contributed by atoms with E-state index in [1.54, 1.807) is 22.7 Å². The number of para-hydroxylation sites is 1. The van der Waals surface area contributed by atoms with E-state index in [9.17, 15) is 0 Å². The molecule has 0 spiro atoms. The number of morpholine rings is 1. The minimum Gasteiger partial charge on any atom is -0.367 e. The predicted molar refractivity (Wildman–Crippen MR) is 89.4 cm³/mol. The molecule has 108 valence electrons. The van der Waals surface area contributed by atoms with Crippen LogP contribution in [0.3, 0.4) is 0 Å². The Morgan fingerprint density at radius 1 is 1.24 bits per heavy atom. The number of thiophene rings is 1. The van der Waals surface area contributed by atoms with Crippen LogP contribution in [0.2, 0.25) is 0 Å². The maximum Gasteiger partial charge on any atom is 0.186 e. The van der Waals surface area contributed by atoms with Gasteiger partial charge in [0.1, 0.15) is 6.10 Å². The molecule has 1 fully saturated rings. The van der Waals surface area contributed by atoms with Crippen LogP contribution in [0, 0.1) is 0 Å². The van der Waals surface area contributed by atoms with E-state index >= 15 is 0 Å². The second-order valence-electron chi connectivity index (χ2n) is 5.36. The van der Waals surface area contributed by atoms with E-state index in [0.29, 0.717) is 0 Å². The topological polar surface area (TPSA) is 25.4 Å². The van der Waals surface area contributed by atoms with Gasteiger partial charge in [0, 0.05) is 6.54 Å². The van der Waals surface area contributed by atoms with Gasteiger partial charge in [-0.3, -0.25) is 0 Å². The lowest BCUT2D eigenvalue weighted by Crippen LogP contribution is -2.42. The van der Waals surface area contributed by atoms with E-state index < -0.39 is 0 Å². The Morgan fingerprint density at radius 3 is 2.95 bits per heavy atom. The number of anilines is 1. The van der Waals surface area contributed by atoms with Crippen molar-refractivity contribution in [1.29, 1.82) is 0 Å². The molecule has 0 amide bonds. The number of ether oxygens (including phenoxy) is 1. The van der Waals surface area contributed by atoms with Gasteiger partial charge in [0.2, 0.25) is 0 Å². The average Bonchev–Trinajstić information content (AvgIpc) is 3.16. The molecular weight excluding hydrogens is 300 g/mol. The van der Waals surface area contributed by atoms with Crippen molar-refractivity contribution >= 4 is 38.0 Å². The fraction of sp³-hybridized carbons (Fsp3) is 0.312. The van der Waals surface area contributed by atoms with Crippen molar-refractivity contribution in [2.24, 2.45) is 0 Å². The molecule has 3 nitrogen and oxygen atoms in total. The quantitative estimate of drug-likeness (QED) is 0.704. The summed E-state index contributed by atoms with van der Waals surface area (Å²) in [6, 6.07) is 10.5. The number of thiazole rings is 1. The number of aromatic nitrogens is 1. The normalized spacial score (nSPS) is 22.8. The lowest BCUT2D eigenvalue weighted by Gasteiger charge is -2.36. The third-order valence-electron chi connectivity index (χ3n) is 3.73. The fourth-order valence-electron chi connectivity index (χ4n) is 2.75. The highest BCUT2D eigenvalue weighted by molar-refractivity contribution is 7.22. The lowest BCUT2D eigenvalue weighted by molar-refractivity contribution is -0.0171. The first-order valence-corrected chi connectivity index (χ1v) is 8.83. The summed E-state index contributed by atoms with van der Waals surface area (Å²) in [4.78, 5) is 7.14. The van der Waals surface area contributed by atoms with Gasteiger partial charge in [0.05, 0.1) is 22.9 Å². The van der Waals surface area contributed by atoms with E-state index in [2.05, 4.69) is 46.8 Å². The van der Waals surface area contributed by atoms with Gasteiger partial charge in [-0.1, -0.05) is 23.5 Å². The van der Waals surface area contributed by atoms with E-state index in [1.165, 1.54) is 10.3 Å². The van der Waals surface area contributed by atoms with Crippen LogP contribution >= 0.6 is 22.7 Å². The van der Waals surface area contributed by atoms with Crippen molar-refractivity contribution in [2.75, 3.05) is 18.0 Å². The molecular formula is C16H16N2OS2. The molecule has 3 aromatic rings. The number of rotatable bonds is 2. The lowest BCUT2D eigenvalue weighted by atomic mass is 10.1. The maximum absolute atomic E-state index is 6.10. The van der Waals surface area contributed by atoms with Crippen molar-refractivity contribution in [2.45, 2.75) is 19.1 Å². The second-order valence-corrected chi connectivity index (χ2v) is 7.15. The Hall–Kier alpha value is -1.43. The van der Waals surface area contributed by atoms with Gasteiger partial charge in [-0.2, -0.15) is 11.3 Å². The zero-order valence-corrected chi connectivity index (χ0v) is 13.4. The van der Waals surface area contributed by atoms with Crippen LogP contribution in [-0.2, 0) is 4.74 Å². The molecule has 4 rings (SSSR count). The van der Waals surface area contributed by atoms with Gasteiger partial charge in [0.15, 0.2) is 5.13 Å².